The van der Waals surface area contributed by atoms with Crippen LogP contribution in [0.25, 0.3) is 0 Å². The number of nitrogens with zero attached hydrogens (tertiary/aromatic N) is 3. The van der Waals surface area contributed by atoms with Gasteiger partial charge in [0.25, 0.3) is 6.43 Å². The Balaban J connectivity index is 3.45. The van der Waals surface area contributed by atoms with Crippen LogP contribution in [0.15, 0.2) is 6.20 Å². The van der Waals surface area contributed by atoms with E-state index in [1.165, 1.54) is 0 Å². The van der Waals surface area contributed by atoms with E-state index in [9.17, 15) is 13.9 Å². The van der Waals surface area contributed by atoms with Gasteiger partial charge >= 0.3 is 0 Å². The van der Waals surface area contributed by atoms with E-state index in [0.717, 1.165) is 6.20 Å². The molecule has 1 heterocycles. The third-order valence-corrected chi connectivity index (χ3v) is 1.77. The minimum Gasteiger partial charge on any atom is -0.505 e. The summed E-state index contributed by atoms with van der Waals surface area (Å²) in [6.07, 6.45) is -2.48. The molecule has 0 bridgehead atoms. The van der Waals surface area contributed by atoms with E-state index in [1.54, 1.807) is 12.1 Å². The van der Waals surface area contributed by atoms with Gasteiger partial charge in [-0.15, -0.1) is 0 Å². The fraction of sp³-hybridized carbons (Fsp3) is 0.222. The van der Waals surface area contributed by atoms with E-state index < -0.39 is 17.9 Å². The third-order valence-electron chi connectivity index (χ3n) is 1.77. The zero-order chi connectivity index (χ0) is 11.4. The van der Waals surface area contributed by atoms with Crippen molar-refractivity contribution in [1.29, 1.82) is 10.5 Å². The van der Waals surface area contributed by atoms with Crippen molar-refractivity contribution < 1.29 is 13.9 Å². The predicted molar refractivity (Wildman–Crippen MR) is 44.9 cm³/mol. The first-order valence-electron chi connectivity index (χ1n) is 3.87. The van der Waals surface area contributed by atoms with Crippen LogP contribution in [-0.4, -0.2) is 10.1 Å². The van der Waals surface area contributed by atoms with E-state index in [4.69, 9.17) is 10.5 Å². The molecule has 15 heavy (non-hydrogen) atoms. The summed E-state index contributed by atoms with van der Waals surface area (Å²) in [4.78, 5) is 3.30. The molecule has 1 aromatic heterocycles. The number of nitriles is 2. The molecule has 0 atom stereocenters. The van der Waals surface area contributed by atoms with Gasteiger partial charge in [0.05, 0.1) is 18.7 Å². The molecular weight excluding hydrogens is 204 g/mol. The quantitative estimate of drug-likeness (QED) is 0.803. The molecule has 0 aliphatic heterocycles. The Labute approximate surface area is 84.0 Å². The van der Waals surface area contributed by atoms with Gasteiger partial charge in [0.2, 0.25) is 0 Å². The number of alkyl halides is 2. The van der Waals surface area contributed by atoms with Crippen LogP contribution in [0.4, 0.5) is 8.78 Å². The normalized spacial score (nSPS) is 9.67. The Hall–Kier alpha value is -2.21. The molecule has 76 valence electrons. The van der Waals surface area contributed by atoms with Crippen molar-refractivity contribution in [1.82, 2.24) is 4.98 Å². The van der Waals surface area contributed by atoms with Gasteiger partial charge in [0, 0.05) is 5.56 Å². The highest BCUT2D eigenvalue weighted by Crippen LogP contribution is 2.28. The second kappa shape index (κ2) is 4.34. The first-order chi connectivity index (χ1) is 7.11. The highest BCUT2D eigenvalue weighted by atomic mass is 19.3. The molecule has 6 heteroatoms. The Morgan fingerprint density at radius 2 is 2.13 bits per heavy atom. The maximum absolute atomic E-state index is 12.4. The lowest BCUT2D eigenvalue weighted by atomic mass is 10.0. The first kappa shape index (κ1) is 10.9. The third kappa shape index (κ3) is 2.00. The molecule has 0 aliphatic rings. The smallest absolute Gasteiger partial charge is 0.280 e. The SMILES string of the molecule is N#CCc1c(C(F)F)ncc(O)c1C#N. The van der Waals surface area contributed by atoms with E-state index in [-0.39, 0.29) is 17.5 Å². The lowest BCUT2D eigenvalue weighted by Gasteiger charge is -2.07. The summed E-state index contributed by atoms with van der Waals surface area (Å²) in [5, 5.41) is 26.2. The van der Waals surface area contributed by atoms with E-state index in [0.29, 0.717) is 0 Å². The Kier molecular flexibility index (Phi) is 3.14. The molecule has 0 saturated heterocycles. The number of halogens is 2. The lowest BCUT2D eigenvalue weighted by Crippen LogP contribution is -2.01. The van der Waals surface area contributed by atoms with Crippen LogP contribution in [0.1, 0.15) is 23.2 Å². The van der Waals surface area contributed by atoms with Gasteiger partial charge in [-0.3, -0.25) is 4.98 Å². The fourth-order valence-corrected chi connectivity index (χ4v) is 1.13. The van der Waals surface area contributed by atoms with Gasteiger partial charge in [-0.1, -0.05) is 0 Å². The summed E-state index contributed by atoms with van der Waals surface area (Å²) in [6.45, 7) is 0. The van der Waals surface area contributed by atoms with Crippen LogP contribution < -0.4 is 0 Å². The molecule has 0 fully saturated rings. The van der Waals surface area contributed by atoms with Crippen molar-refractivity contribution >= 4 is 0 Å². The van der Waals surface area contributed by atoms with Crippen LogP contribution >= 0.6 is 0 Å². The minimum absolute atomic E-state index is 0.213. The molecular formula is C9H5F2N3O. The molecule has 0 radical (unpaired) electrons. The van der Waals surface area contributed by atoms with E-state index in [2.05, 4.69) is 4.98 Å². The van der Waals surface area contributed by atoms with E-state index >= 15 is 0 Å². The average Bonchev–Trinajstić information content (AvgIpc) is 2.18. The summed E-state index contributed by atoms with van der Waals surface area (Å²) < 4.78 is 24.9. The van der Waals surface area contributed by atoms with Crippen molar-refractivity contribution in [2.75, 3.05) is 0 Å². The molecule has 0 aliphatic carbocycles. The van der Waals surface area contributed by atoms with E-state index in [1.807, 2.05) is 0 Å². The number of pyridine rings is 1. The molecule has 1 aromatic rings. The highest BCUT2D eigenvalue weighted by molar-refractivity contribution is 5.49. The molecule has 1 N–H and O–H groups in total. The number of aromatic nitrogens is 1. The molecule has 0 spiro atoms. The monoisotopic (exact) mass is 209 g/mol. The molecule has 1 rings (SSSR count). The van der Waals surface area contributed by atoms with Gasteiger partial charge in [-0.05, 0) is 0 Å². The Morgan fingerprint density at radius 1 is 1.47 bits per heavy atom. The van der Waals surface area contributed by atoms with Gasteiger partial charge in [-0.2, -0.15) is 10.5 Å². The Bertz CT molecular complexity index is 460. The molecule has 0 unspecified atom stereocenters. The van der Waals surface area contributed by atoms with Crippen LogP contribution in [-0.2, 0) is 6.42 Å². The number of hydrogen-bond donors (Lipinski definition) is 1. The van der Waals surface area contributed by atoms with Crippen molar-refractivity contribution in [2.45, 2.75) is 12.8 Å². The summed E-state index contributed by atoms with van der Waals surface area (Å²) in [6, 6.07) is 3.22. The fourth-order valence-electron chi connectivity index (χ4n) is 1.13. The summed E-state index contributed by atoms with van der Waals surface area (Å²) >= 11 is 0. The van der Waals surface area contributed by atoms with Gasteiger partial charge < -0.3 is 5.11 Å². The van der Waals surface area contributed by atoms with Gasteiger partial charge in [0.1, 0.15) is 17.3 Å². The number of hydrogen-bond acceptors (Lipinski definition) is 4. The maximum Gasteiger partial charge on any atom is 0.280 e. The van der Waals surface area contributed by atoms with Gasteiger partial charge in [-0.25, -0.2) is 8.78 Å². The highest BCUT2D eigenvalue weighted by Gasteiger charge is 2.20. The van der Waals surface area contributed by atoms with Crippen molar-refractivity contribution in [3.05, 3.63) is 23.0 Å². The Morgan fingerprint density at radius 3 is 2.60 bits per heavy atom. The van der Waals surface area contributed by atoms with Crippen LogP contribution in [0.3, 0.4) is 0 Å². The summed E-state index contributed by atoms with van der Waals surface area (Å²) in [5.74, 6) is -0.493. The largest absolute Gasteiger partial charge is 0.505 e. The van der Waals surface area contributed by atoms with Crippen molar-refractivity contribution in [3.63, 3.8) is 0 Å². The second-order valence-corrected chi connectivity index (χ2v) is 2.63. The molecule has 0 saturated carbocycles. The lowest BCUT2D eigenvalue weighted by molar-refractivity contribution is 0.145. The van der Waals surface area contributed by atoms with Crippen molar-refractivity contribution in [2.24, 2.45) is 0 Å². The minimum atomic E-state index is -2.87. The standard InChI is InChI=1S/C9H5F2N3O/c10-9(11)8-5(1-2-12)6(3-13)7(15)4-14-8/h4,9,15H,1H2. The zero-order valence-electron chi connectivity index (χ0n) is 7.41. The number of rotatable bonds is 2. The summed E-state index contributed by atoms with van der Waals surface area (Å²) in [7, 11) is 0. The van der Waals surface area contributed by atoms with Crippen LogP contribution in [0.5, 0.6) is 5.75 Å². The topological polar surface area (TPSA) is 80.7 Å². The molecule has 0 amide bonds. The van der Waals surface area contributed by atoms with Crippen molar-refractivity contribution in [3.8, 4) is 17.9 Å². The maximum atomic E-state index is 12.4. The van der Waals surface area contributed by atoms with Gasteiger partial charge in [0.15, 0.2) is 5.75 Å². The molecule has 4 nitrogen and oxygen atoms in total. The first-order valence-corrected chi connectivity index (χ1v) is 3.87. The zero-order valence-corrected chi connectivity index (χ0v) is 7.41. The molecule has 0 aromatic carbocycles. The van der Waals surface area contributed by atoms with Crippen LogP contribution in [0.2, 0.25) is 0 Å². The van der Waals surface area contributed by atoms with Crippen LogP contribution in [0, 0.1) is 22.7 Å². The summed E-state index contributed by atoms with van der Waals surface area (Å²) in [5.41, 5.74) is -1.16. The average molecular weight is 209 g/mol. The predicted octanol–water partition coefficient (Wildman–Crippen LogP) is 1.66. The second-order valence-electron chi connectivity index (χ2n) is 2.63. The number of aromatic hydroxyl groups is 1.